The van der Waals surface area contributed by atoms with Gasteiger partial charge in [-0.3, -0.25) is 14.8 Å². The Morgan fingerprint density at radius 1 is 0.960 bits per heavy atom. The van der Waals surface area contributed by atoms with Crippen molar-refractivity contribution in [2.75, 3.05) is 5.32 Å². The van der Waals surface area contributed by atoms with Crippen molar-refractivity contribution in [1.29, 1.82) is 0 Å². The van der Waals surface area contributed by atoms with E-state index in [-0.39, 0.29) is 11.7 Å². The number of benzene rings is 1. The summed E-state index contributed by atoms with van der Waals surface area (Å²) in [5.74, 6) is 0.101. The van der Waals surface area contributed by atoms with Gasteiger partial charge in [-0.2, -0.15) is 0 Å². The average molecular weight is 327 g/mol. The summed E-state index contributed by atoms with van der Waals surface area (Å²) in [4.78, 5) is 21.9. The Bertz CT molecular complexity index is 1020. The molecule has 0 amide bonds. The third-order valence-corrected chi connectivity index (χ3v) is 5.13. The first-order valence-corrected chi connectivity index (χ1v) is 8.65. The van der Waals surface area contributed by atoms with Gasteiger partial charge in [0.25, 0.3) is 0 Å². The molecule has 2 aromatic heterocycles. The van der Waals surface area contributed by atoms with Crippen LogP contribution in [0.5, 0.6) is 0 Å². The van der Waals surface area contributed by atoms with Gasteiger partial charge in [0.15, 0.2) is 5.78 Å². The lowest BCUT2D eigenvalue weighted by atomic mass is 9.76. The fraction of sp³-hybridized carbons (Fsp3) is 0.190. The van der Waals surface area contributed by atoms with Gasteiger partial charge in [0.05, 0.1) is 17.1 Å². The molecule has 1 atom stereocenters. The quantitative estimate of drug-likeness (QED) is 0.728. The van der Waals surface area contributed by atoms with Gasteiger partial charge in [0.1, 0.15) is 0 Å². The summed E-state index contributed by atoms with van der Waals surface area (Å²) in [6.45, 7) is 0. The number of nitrogens with zero attached hydrogens (tertiary/aromatic N) is 2. The highest BCUT2D eigenvalue weighted by Gasteiger charge is 2.36. The predicted molar refractivity (Wildman–Crippen MR) is 97.3 cm³/mol. The number of ketones is 1. The molecule has 1 N–H and O–H groups in total. The fourth-order valence-corrected chi connectivity index (χ4v) is 4.07. The Labute approximate surface area is 145 Å². The number of allylic oxidation sites excluding steroid dienone is 2. The van der Waals surface area contributed by atoms with Crippen LogP contribution in [0.3, 0.4) is 0 Å². The number of hydrogen-bond acceptors (Lipinski definition) is 4. The zero-order chi connectivity index (χ0) is 16.8. The molecule has 1 aliphatic heterocycles. The molecular weight excluding hydrogens is 310 g/mol. The van der Waals surface area contributed by atoms with Crippen LogP contribution in [0, 0.1) is 0 Å². The second kappa shape index (κ2) is 5.52. The third-order valence-electron chi connectivity index (χ3n) is 5.13. The predicted octanol–water partition coefficient (Wildman–Crippen LogP) is 4.19. The number of aromatic nitrogens is 2. The zero-order valence-electron chi connectivity index (χ0n) is 13.7. The van der Waals surface area contributed by atoms with Gasteiger partial charge in [0.2, 0.25) is 0 Å². The van der Waals surface area contributed by atoms with Crippen molar-refractivity contribution < 1.29 is 4.79 Å². The van der Waals surface area contributed by atoms with Crippen LogP contribution in [0.4, 0.5) is 5.69 Å². The van der Waals surface area contributed by atoms with Crippen molar-refractivity contribution in [1.82, 2.24) is 9.97 Å². The minimum atomic E-state index is -0.131. The summed E-state index contributed by atoms with van der Waals surface area (Å²) in [7, 11) is 0. The van der Waals surface area contributed by atoms with E-state index < -0.39 is 0 Å². The molecule has 1 aliphatic carbocycles. The van der Waals surface area contributed by atoms with E-state index in [0.717, 1.165) is 52.0 Å². The average Bonchev–Trinajstić information content (AvgIpc) is 2.67. The van der Waals surface area contributed by atoms with Crippen molar-refractivity contribution >= 4 is 22.4 Å². The number of fused-ring (bicyclic) bond motifs is 3. The second-order valence-electron chi connectivity index (χ2n) is 6.58. The number of Topliss-reactive ketones (excluding diaryl/α,β-unsaturated/α-hetero) is 1. The van der Waals surface area contributed by atoms with E-state index >= 15 is 0 Å². The van der Waals surface area contributed by atoms with Crippen molar-refractivity contribution in [2.45, 2.75) is 25.2 Å². The summed E-state index contributed by atoms with van der Waals surface area (Å²) in [5.41, 5.74) is 5.97. The van der Waals surface area contributed by atoms with Crippen molar-refractivity contribution in [3.8, 4) is 0 Å². The van der Waals surface area contributed by atoms with Gasteiger partial charge in [0, 0.05) is 41.2 Å². The lowest BCUT2D eigenvalue weighted by Gasteiger charge is -2.34. The molecule has 0 spiro atoms. The Morgan fingerprint density at radius 3 is 2.76 bits per heavy atom. The maximum atomic E-state index is 12.8. The molecule has 122 valence electrons. The standard InChI is InChI=1S/C21H17N3O/c25-18-8-3-7-16-20(18)21(15-6-1-2-11-23-15)19-13-5-4-12-22-14(13)9-10-17(19)24-16/h1-2,4-6,9-12,21,24H,3,7-8H2/t21-/m0/s1. The number of carbonyl (C=O) groups excluding carboxylic acids is 1. The molecule has 0 radical (unpaired) electrons. The van der Waals surface area contributed by atoms with E-state index in [4.69, 9.17) is 0 Å². The summed E-state index contributed by atoms with van der Waals surface area (Å²) in [6.07, 6.45) is 6.03. The van der Waals surface area contributed by atoms with Gasteiger partial charge in [-0.1, -0.05) is 12.1 Å². The van der Waals surface area contributed by atoms with Gasteiger partial charge in [-0.05, 0) is 48.7 Å². The molecular formula is C21H17N3O. The maximum absolute atomic E-state index is 12.8. The van der Waals surface area contributed by atoms with Gasteiger partial charge >= 0.3 is 0 Å². The maximum Gasteiger partial charge on any atom is 0.161 e. The van der Waals surface area contributed by atoms with Gasteiger partial charge in [-0.25, -0.2) is 0 Å². The van der Waals surface area contributed by atoms with Crippen LogP contribution >= 0.6 is 0 Å². The van der Waals surface area contributed by atoms with Crippen molar-refractivity contribution in [3.63, 3.8) is 0 Å². The van der Waals surface area contributed by atoms with E-state index in [1.807, 2.05) is 30.3 Å². The van der Waals surface area contributed by atoms with Crippen LogP contribution in [-0.2, 0) is 4.79 Å². The van der Waals surface area contributed by atoms with Gasteiger partial charge < -0.3 is 5.32 Å². The van der Waals surface area contributed by atoms with E-state index in [1.54, 1.807) is 12.4 Å². The third kappa shape index (κ3) is 2.18. The normalized spacial score (nSPS) is 19.4. The zero-order valence-corrected chi connectivity index (χ0v) is 13.7. The summed E-state index contributed by atoms with van der Waals surface area (Å²) in [6, 6.07) is 14.1. The fourth-order valence-electron chi connectivity index (χ4n) is 4.07. The molecule has 4 heteroatoms. The van der Waals surface area contributed by atoms with Crippen LogP contribution in [0.2, 0.25) is 0 Å². The van der Waals surface area contributed by atoms with E-state index in [2.05, 4.69) is 27.4 Å². The highest BCUT2D eigenvalue weighted by molar-refractivity contribution is 6.03. The lowest BCUT2D eigenvalue weighted by Crippen LogP contribution is -2.27. The first-order chi connectivity index (χ1) is 12.3. The molecule has 0 unspecified atom stereocenters. The highest BCUT2D eigenvalue weighted by atomic mass is 16.1. The molecule has 2 aliphatic rings. The number of nitrogens with one attached hydrogen (secondary N) is 1. The molecule has 5 rings (SSSR count). The monoisotopic (exact) mass is 327 g/mol. The van der Waals surface area contributed by atoms with E-state index in [0.29, 0.717) is 6.42 Å². The molecule has 0 saturated heterocycles. The molecule has 4 nitrogen and oxygen atoms in total. The molecule has 25 heavy (non-hydrogen) atoms. The number of anilines is 1. The summed E-state index contributed by atoms with van der Waals surface area (Å²) < 4.78 is 0. The molecule has 1 aromatic carbocycles. The van der Waals surface area contributed by atoms with Crippen LogP contribution in [0.15, 0.2) is 66.1 Å². The Kier molecular flexibility index (Phi) is 3.17. The summed E-state index contributed by atoms with van der Waals surface area (Å²) >= 11 is 0. The smallest absolute Gasteiger partial charge is 0.161 e. The van der Waals surface area contributed by atoms with Crippen molar-refractivity contribution in [2.24, 2.45) is 0 Å². The Balaban J connectivity index is 1.85. The number of hydrogen-bond donors (Lipinski definition) is 1. The first-order valence-electron chi connectivity index (χ1n) is 8.65. The molecule has 0 fully saturated rings. The van der Waals surface area contributed by atoms with Crippen LogP contribution < -0.4 is 5.32 Å². The minimum Gasteiger partial charge on any atom is -0.358 e. The van der Waals surface area contributed by atoms with E-state index in [9.17, 15) is 4.79 Å². The van der Waals surface area contributed by atoms with Crippen LogP contribution in [0.25, 0.3) is 10.9 Å². The molecule has 3 aromatic rings. The number of pyridine rings is 2. The largest absolute Gasteiger partial charge is 0.358 e. The Morgan fingerprint density at radius 2 is 1.88 bits per heavy atom. The second-order valence-corrected chi connectivity index (χ2v) is 6.58. The number of rotatable bonds is 1. The molecule has 3 heterocycles. The topological polar surface area (TPSA) is 54.9 Å². The van der Waals surface area contributed by atoms with Crippen LogP contribution in [0.1, 0.15) is 36.4 Å². The Hall–Kier alpha value is -3.01. The SMILES string of the molecule is O=C1CCCC2=C1[C@@H](c1ccccn1)c1c(ccc3ncccc13)N2. The number of carbonyl (C=O) groups is 1. The molecule has 0 bridgehead atoms. The lowest BCUT2D eigenvalue weighted by molar-refractivity contribution is -0.116. The first kappa shape index (κ1) is 14.3. The highest BCUT2D eigenvalue weighted by Crippen LogP contribution is 2.47. The van der Waals surface area contributed by atoms with E-state index in [1.165, 1.54) is 0 Å². The molecule has 0 saturated carbocycles. The minimum absolute atomic E-state index is 0.131. The van der Waals surface area contributed by atoms with Crippen LogP contribution in [-0.4, -0.2) is 15.8 Å². The summed E-state index contributed by atoms with van der Waals surface area (Å²) in [5, 5.41) is 4.60. The van der Waals surface area contributed by atoms with Gasteiger partial charge in [-0.15, -0.1) is 0 Å². The van der Waals surface area contributed by atoms with Crippen molar-refractivity contribution in [3.05, 3.63) is 77.4 Å².